The van der Waals surface area contributed by atoms with Crippen molar-refractivity contribution in [2.45, 2.75) is 6.92 Å². The monoisotopic (exact) mass is 311 g/mol. The van der Waals surface area contributed by atoms with E-state index in [4.69, 9.17) is 0 Å². The standard InChI is InChI=1S/C17H14FN3O2/c1-10(22)19-13-3-5-14(6-4-13)20-17(23)16-9-11-8-12(18)2-7-15(11)21-16/h2-9,21H,1H3,(H,19,22)(H,20,23). The number of amides is 2. The fourth-order valence-electron chi connectivity index (χ4n) is 2.26. The molecule has 1 heterocycles. The maximum absolute atomic E-state index is 13.2. The van der Waals surface area contributed by atoms with Gasteiger partial charge in [-0.1, -0.05) is 0 Å². The Labute approximate surface area is 131 Å². The molecule has 0 spiro atoms. The van der Waals surface area contributed by atoms with E-state index in [1.54, 1.807) is 36.4 Å². The van der Waals surface area contributed by atoms with Gasteiger partial charge in [0, 0.05) is 29.2 Å². The summed E-state index contributed by atoms with van der Waals surface area (Å²) in [4.78, 5) is 26.1. The molecule has 0 saturated carbocycles. The summed E-state index contributed by atoms with van der Waals surface area (Å²) in [6, 6.07) is 12.6. The first kappa shape index (κ1) is 14.8. The Morgan fingerprint density at radius 3 is 2.26 bits per heavy atom. The molecule has 3 N–H and O–H groups in total. The number of carbonyl (C=O) groups is 2. The second-order valence-electron chi connectivity index (χ2n) is 5.13. The number of H-pyrrole nitrogens is 1. The summed E-state index contributed by atoms with van der Waals surface area (Å²) in [6.45, 7) is 1.43. The van der Waals surface area contributed by atoms with E-state index in [9.17, 15) is 14.0 Å². The lowest BCUT2D eigenvalue weighted by Gasteiger charge is -2.06. The fourth-order valence-corrected chi connectivity index (χ4v) is 2.26. The minimum Gasteiger partial charge on any atom is -0.351 e. The Balaban J connectivity index is 1.76. The number of halogens is 1. The van der Waals surface area contributed by atoms with E-state index in [-0.39, 0.29) is 17.6 Å². The van der Waals surface area contributed by atoms with Crippen molar-refractivity contribution in [3.05, 3.63) is 60.0 Å². The number of aromatic amines is 1. The predicted molar refractivity (Wildman–Crippen MR) is 87.0 cm³/mol. The van der Waals surface area contributed by atoms with Crippen LogP contribution in [0.15, 0.2) is 48.5 Å². The molecule has 0 aliphatic carbocycles. The fraction of sp³-hybridized carbons (Fsp3) is 0.0588. The van der Waals surface area contributed by atoms with E-state index in [1.165, 1.54) is 19.1 Å². The Hall–Kier alpha value is -3.15. The first-order valence-electron chi connectivity index (χ1n) is 6.98. The summed E-state index contributed by atoms with van der Waals surface area (Å²) < 4.78 is 13.2. The van der Waals surface area contributed by atoms with Gasteiger partial charge in [0.1, 0.15) is 11.5 Å². The third-order valence-electron chi connectivity index (χ3n) is 3.29. The van der Waals surface area contributed by atoms with Gasteiger partial charge in [0.25, 0.3) is 5.91 Å². The van der Waals surface area contributed by atoms with Gasteiger partial charge >= 0.3 is 0 Å². The van der Waals surface area contributed by atoms with Crippen molar-refractivity contribution in [1.82, 2.24) is 4.98 Å². The van der Waals surface area contributed by atoms with Crippen LogP contribution < -0.4 is 10.6 Å². The van der Waals surface area contributed by atoms with Crippen molar-refractivity contribution in [3.63, 3.8) is 0 Å². The van der Waals surface area contributed by atoms with Gasteiger partial charge in [0.2, 0.25) is 5.91 Å². The number of hydrogen-bond donors (Lipinski definition) is 3. The lowest BCUT2D eigenvalue weighted by Crippen LogP contribution is -2.12. The van der Waals surface area contributed by atoms with E-state index in [2.05, 4.69) is 15.6 Å². The molecule has 0 atom stereocenters. The molecule has 3 aromatic rings. The third-order valence-corrected chi connectivity index (χ3v) is 3.29. The van der Waals surface area contributed by atoms with E-state index < -0.39 is 0 Å². The second kappa shape index (κ2) is 5.92. The molecule has 6 heteroatoms. The van der Waals surface area contributed by atoms with Crippen molar-refractivity contribution in [2.75, 3.05) is 10.6 Å². The van der Waals surface area contributed by atoms with Gasteiger partial charge in [0.15, 0.2) is 0 Å². The molecule has 5 nitrogen and oxygen atoms in total. The summed E-state index contributed by atoms with van der Waals surface area (Å²) in [6.07, 6.45) is 0. The molecule has 0 aliphatic rings. The highest BCUT2D eigenvalue weighted by Crippen LogP contribution is 2.18. The van der Waals surface area contributed by atoms with Gasteiger partial charge in [-0.05, 0) is 48.5 Å². The molecular formula is C17H14FN3O2. The summed E-state index contributed by atoms with van der Waals surface area (Å²) in [5.41, 5.74) is 2.28. The van der Waals surface area contributed by atoms with Gasteiger partial charge in [-0.15, -0.1) is 0 Å². The average Bonchev–Trinajstić information content (AvgIpc) is 2.92. The van der Waals surface area contributed by atoms with Gasteiger partial charge in [-0.3, -0.25) is 9.59 Å². The van der Waals surface area contributed by atoms with E-state index in [0.717, 1.165) is 0 Å². The van der Waals surface area contributed by atoms with E-state index in [1.807, 2.05) is 0 Å². The molecule has 2 aromatic carbocycles. The van der Waals surface area contributed by atoms with Crippen molar-refractivity contribution in [1.29, 1.82) is 0 Å². The Morgan fingerprint density at radius 2 is 1.61 bits per heavy atom. The molecule has 0 saturated heterocycles. The highest BCUT2D eigenvalue weighted by molar-refractivity contribution is 6.06. The number of hydrogen-bond acceptors (Lipinski definition) is 2. The average molecular weight is 311 g/mol. The van der Waals surface area contributed by atoms with Crippen molar-refractivity contribution < 1.29 is 14.0 Å². The lowest BCUT2D eigenvalue weighted by atomic mass is 10.2. The van der Waals surface area contributed by atoms with Crippen LogP contribution in [0.25, 0.3) is 10.9 Å². The van der Waals surface area contributed by atoms with Crippen molar-refractivity contribution in [2.24, 2.45) is 0 Å². The SMILES string of the molecule is CC(=O)Nc1ccc(NC(=O)c2cc3cc(F)ccc3[nH]2)cc1. The van der Waals surface area contributed by atoms with Crippen molar-refractivity contribution >= 4 is 34.1 Å². The minimum absolute atomic E-state index is 0.160. The smallest absolute Gasteiger partial charge is 0.272 e. The van der Waals surface area contributed by atoms with Crippen LogP contribution in [0, 0.1) is 5.82 Å². The number of nitrogens with one attached hydrogen (secondary N) is 3. The maximum Gasteiger partial charge on any atom is 0.272 e. The largest absolute Gasteiger partial charge is 0.351 e. The van der Waals surface area contributed by atoms with E-state index >= 15 is 0 Å². The number of carbonyl (C=O) groups excluding carboxylic acids is 2. The third kappa shape index (κ3) is 3.37. The molecule has 23 heavy (non-hydrogen) atoms. The summed E-state index contributed by atoms with van der Waals surface area (Å²) >= 11 is 0. The van der Waals surface area contributed by atoms with Crippen LogP contribution in [0.2, 0.25) is 0 Å². The quantitative estimate of drug-likeness (QED) is 0.692. The topological polar surface area (TPSA) is 74.0 Å². The minimum atomic E-state index is -0.350. The lowest BCUT2D eigenvalue weighted by molar-refractivity contribution is -0.114. The van der Waals surface area contributed by atoms with Crippen LogP contribution in [0.1, 0.15) is 17.4 Å². The molecule has 0 aliphatic heterocycles. The van der Waals surface area contributed by atoms with Crippen LogP contribution >= 0.6 is 0 Å². The zero-order valence-electron chi connectivity index (χ0n) is 12.3. The zero-order chi connectivity index (χ0) is 16.4. The first-order chi connectivity index (χ1) is 11.0. The highest BCUT2D eigenvalue weighted by Gasteiger charge is 2.10. The highest BCUT2D eigenvalue weighted by atomic mass is 19.1. The molecule has 3 rings (SSSR count). The predicted octanol–water partition coefficient (Wildman–Crippen LogP) is 3.52. The Kier molecular flexibility index (Phi) is 3.80. The molecule has 0 unspecified atom stereocenters. The van der Waals surface area contributed by atoms with Gasteiger partial charge in [-0.2, -0.15) is 0 Å². The number of aromatic nitrogens is 1. The Bertz CT molecular complexity index is 884. The van der Waals surface area contributed by atoms with Gasteiger partial charge < -0.3 is 15.6 Å². The summed E-state index contributed by atoms with van der Waals surface area (Å²) in [5, 5.41) is 6.02. The van der Waals surface area contributed by atoms with Crippen LogP contribution in [-0.2, 0) is 4.79 Å². The molecular weight excluding hydrogens is 297 g/mol. The number of anilines is 2. The molecule has 0 fully saturated rings. The zero-order valence-corrected chi connectivity index (χ0v) is 12.3. The summed E-state index contributed by atoms with van der Waals surface area (Å²) in [7, 11) is 0. The molecule has 0 bridgehead atoms. The van der Waals surface area contributed by atoms with Crippen LogP contribution in [0.3, 0.4) is 0 Å². The Morgan fingerprint density at radius 1 is 0.957 bits per heavy atom. The maximum atomic E-state index is 13.2. The van der Waals surface area contributed by atoms with Crippen LogP contribution in [-0.4, -0.2) is 16.8 Å². The normalized spacial score (nSPS) is 10.5. The van der Waals surface area contributed by atoms with E-state index in [0.29, 0.717) is 28.0 Å². The molecule has 1 aromatic heterocycles. The number of fused-ring (bicyclic) bond motifs is 1. The molecule has 2 amide bonds. The second-order valence-corrected chi connectivity index (χ2v) is 5.13. The summed E-state index contributed by atoms with van der Waals surface area (Å²) in [5.74, 6) is -0.835. The van der Waals surface area contributed by atoms with Gasteiger partial charge in [-0.25, -0.2) is 4.39 Å². The molecule has 116 valence electrons. The van der Waals surface area contributed by atoms with Crippen molar-refractivity contribution in [3.8, 4) is 0 Å². The number of benzene rings is 2. The number of rotatable bonds is 3. The molecule has 0 radical (unpaired) electrons. The van der Waals surface area contributed by atoms with Crippen LogP contribution in [0.5, 0.6) is 0 Å². The first-order valence-corrected chi connectivity index (χ1v) is 6.98. The van der Waals surface area contributed by atoms with Gasteiger partial charge in [0.05, 0.1) is 0 Å². The van der Waals surface area contributed by atoms with Crippen LogP contribution in [0.4, 0.5) is 15.8 Å².